The Balaban J connectivity index is 2.07. The fourth-order valence-electron chi connectivity index (χ4n) is 2.30. The maximum absolute atomic E-state index is 12.9. The molecule has 1 heterocycles. The van der Waals surface area contributed by atoms with Crippen molar-refractivity contribution in [2.75, 3.05) is 13.1 Å². The average molecular weight is 254 g/mol. The first-order valence-electron chi connectivity index (χ1n) is 6.11. The number of benzene rings is 1. The van der Waals surface area contributed by atoms with E-state index >= 15 is 0 Å². The molecular formula is C13H16BF3N-. The van der Waals surface area contributed by atoms with Gasteiger partial charge in [-0.3, -0.25) is 4.90 Å². The van der Waals surface area contributed by atoms with Gasteiger partial charge in [-0.1, -0.05) is 30.3 Å². The van der Waals surface area contributed by atoms with Gasteiger partial charge in [0, 0.05) is 13.1 Å². The van der Waals surface area contributed by atoms with Gasteiger partial charge in [-0.05, 0) is 25.5 Å². The first-order chi connectivity index (χ1) is 8.47. The lowest BCUT2D eigenvalue weighted by Crippen LogP contribution is -2.38. The van der Waals surface area contributed by atoms with Crippen molar-refractivity contribution in [2.24, 2.45) is 0 Å². The second-order valence-electron chi connectivity index (χ2n) is 4.83. The van der Waals surface area contributed by atoms with Gasteiger partial charge in [-0.15, -0.1) is 11.0 Å². The van der Waals surface area contributed by atoms with Gasteiger partial charge >= 0.3 is 6.98 Å². The van der Waals surface area contributed by atoms with E-state index in [2.05, 4.69) is 0 Å². The van der Waals surface area contributed by atoms with Crippen LogP contribution in [0.25, 0.3) is 0 Å². The fraction of sp³-hybridized carbons (Fsp3) is 0.385. The Bertz CT molecular complexity index is 439. The number of rotatable bonds is 3. The Morgan fingerprint density at radius 3 is 2.44 bits per heavy atom. The van der Waals surface area contributed by atoms with Crippen molar-refractivity contribution in [3.05, 3.63) is 46.9 Å². The molecule has 0 saturated heterocycles. The van der Waals surface area contributed by atoms with Crippen molar-refractivity contribution >= 4 is 6.98 Å². The molecule has 0 unspecified atom stereocenters. The summed E-state index contributed by atoms with van der Waals surface area (Å²) in [4.78, 5) is 1.87. The van der Waals surface area contributed by atoms with Crippen LogP contribution < -0.4 is 0 Å². The van der Waals surface area contributed by atoms with Crippen molar-refractivity contribution in [1.29, 1.82) is 0 Å². The van der Waals surface area contributed by atoms with Crippen LogP contribution in [0.1, 0.15) is 18.9 Å². The van der Waals surface area contributed by atoms with Crippen molar-refractivity contribution < 1.29 is 12.9 Å². The fourth-order valence-corrected chi connectivity index (χ4v) is 2.30. The van der Waals surface area contributed by atoms with Gasteiger partial charge in [0.25, 0.3) is 0 Å². The summed E-state index contributed by atoms with van der Waals surface area (Å²) in [6.07, 6.45) is 0.517. The first kappa shape index (κ1) is 13.2. The minimum absolute atomic E-state index is 0.0320. The van der Waals surface area contributed by atoms with Crippen LogP contribution in [-0.4, -0.2) is 25.0 Å². The summed E-state index contributed by atoms with van der Waals surface area (Å²) in [7, 11) is 0. The Morgan fingerprint density at radius 2 is 1.83 bits per heavy atom. The third-order valence-electron chi connectivity index (χ3n) is 3.39. The van der Waals surface area contributed by atoms with E-state index < -0.39 is 6.98 Å². The molecule has 0 amide bonds. The number of hydrogen-bond donors (Lipinski definition) is 0. The molecule has 1 nitrogen and oxygen atoms in total. The molecule has 0 N–H and O–H groups in total. The summed E-state index contributed by atoms with van der Waals surface area (Å²) in [6, 6.07) is 9.63. The molecule has 1 aliphatic heterocycles. The summed E-state index contributed by atoms with van der Waals surface area (Å²) in [6.45, 7) is -1.92. The van der Waals surface area contributed by atoms with Crippen LogP contribution in [0.2, 0.25) is 0 Å². The summed E-state index contributed by atoms with van der Waals surface area (Å²) < 4.78 is 38.6. The zero-order valence-corrected chi connectivity index (χ0v) is 10.4. The molecule has 0 aliphatic carbocycles. The number of halogens is 3. The third-order valence-corrected chi connectivity index (χ3v) is 3.39. The van der Waals surface area contributed by atoms with Crippen LogP contribution in [0.5, 0.6) is 0 Å². The Labute approximate surface area is 105 Å². The highest BCUT2D eigenvalue weighted by molar-refractivity contribution is 6.67. The Hall–Kier alpha value is -1.23. The maximum Gasteiger partial charge on any atom is 0.506 e. The molecule has 0 bridgehead atoms. The van der Waals surface area contributed by atoms with Crippen LogP contribution in [0.15, 0.2) is 41.4 Å². The molecular weight excluding hydrogens is 238 g/mol. The van der Waals surface area contributed by atoms with Gasteiger partial charge < -0.3 is 12.9 Å². The van der Waals surface area contributed by atoms with E-state index in [1.54, 1.807) is 6.92 Å². The van der Waals surface area contributed by atoms with Crippen LogP contribution in [0, 0.1) is 0 Å². The number of nitrogens with zero attached hydrogens (tertiary/aromatic N) is 1. The average Bonchev–Trinajstić information content (AvgIpc) is 2.31. The van der Waals surface area contributed by atoms with E-state index in [1.807, 2.05) is 35.2 Å². The van der Waals surface area contributed by atoms with Gasteiger partial charge in [0.15, 0.2) is 0 Å². The van der Waals surface area contributed by atoms with E-state index in [9.17, 15) is 12.9 Å². The molecule has 1 aromatic carbocycles. The van der Waals surface area contributed by atoms with Crippen molar-refractivity contribution in [1.82, 2.24) is 4.90 Å². The molecule has 1 aromatic rings. The highest BCUT2D eigenvalue weighted by Gasteiger charge is 2.32. The quantitative estimate of drug-likeness (QED) is 0.745. The van der Waals surface area contributed by atoms with E-state index in [4.69, 9.17) is 0 Å². The molecule has 0 radical (unpaired) electrons. The molecule has 98 valence electrons. The lowest BCUT2D eigenvalue weighted by molar-refractivity contribution is 0.275. The summed E-state index contributed by atoms with van der Waals surface area (Å²) >= 11 is 0. The molecule has 0 fully saturated rings. The van der Waals surface area contributed by atoms with E-state index in [-0.39, 0.29) is 12.0 Å². The lowest BCUT2D eigenvalue weighted by Gasteiger charge is -2.34. The van der Waals surface area contributed by atoms with Crippen molar-refractivity contribution in [3.63, 3.8) is 0 Å². The van der Waals surface area contributed by atoms with E-state index in [0.29, 0.717) is 25.1 Å². The van der Waals surface area contributed by atoms with Crippen molar-refractivity contribution in [2.45, 2.75) is 19.9 Å². The monoisotopic (exact) mass is 254 g/mol. The molecule has 0 atom stereocenters. The summed E-state index contributed by atoms with van der Waals surface area (Å²) in [5, 5.41) is 0. The highest BCUT2D eigenvalue weighted by atomic mass is 19.4. The standard InChI is InChI=1S/C13H16BF3N/c1-11-7-8-18(10-13(11)14(15,16)17)9-12-5-3-2-4-6-12/h2-6H,7-10H2,1H3/q-1. The normalized spacial score (nSPS) is 18.2. The number of hydrogen-bond acceptors (Lipinski definition) is 1. The molecule has 2 rings (SSSR count). The van der Waals surface area contributed by atoms with Crippen LogP contribution in [-0.2, 0) is 6.54 Å². The smallest absolute Gasteiger partial charge is 0.445 e. The minimum atomic E-state index is -4.85. The predicted octanol–water partition coefficient (Wildman–Crippen LogP) is 3.60. The van der Waals surface area contributed by atoms with Crippen molar-refractivity contribution in [3.8, 4) is 0 Å². The van der Waals surface area contributed by atoms with Gasteiger partial charge in [0.05, 0.1) is 0 Å². The second-order valence-corrected chi connectivity index (χ2v) is 4.83. The zero-order valence-electron chi connectivity index (χ0n) is 10.4. The maximum atomic E-state index is 12.9. The van der Waals surface area contributed by atoms with Gasteiger partial charge in [-0.25, -0.2) is 0 Å². The largest absolute Gasteiger partial charge is 0.506 e. The molecule has 0 aromatic heterocycles. The Kier molecular flexibility index (Phi) is 3.80. The summed E-state index contributed by atoms with van der Waals surface area (Å²) in [5.41, 5.74) is 1.26. The van der Waals surface area contributed by atoms with Gasteiger partial charge in [-0.2, -0.15) is 0 Å². The molecule has 0 spiro atoms. The van der Waals surface area contributed by atoms with Gasteiger partial charge in [0.1, 0.15) is 0 Å². The second kappa shape index (κ2) is 5.18. The van der Waals surface area contributed by atoms with Crippen LogP contribution in [0.3, 0.4) is 0 Å². The van der Waals surface area contributed by atoms with Gasteiger partial charge in [0.2, 0.25) is 0 Å². The highest BCUT2D eigenvalue weighted by Crippen LogP contribution is 2.29. The SMILES string of the molecule is CC1=C([B-](F)(F)F)CN(Cc2ccccc2)CC1. The summed E-state index contributed by atoms with van der Waals surface area (Å²) in [5.74, 6) is 0. The molecule has 18 heavy (non-hydrogen) atoms. The first-order valence-corrected chi connectivity index (χ1v) is 6.11. The Morgan fingerprint density at radius 1 is 1.17 bits per heavy atom. The van der Waals surface area contributed by atoms with E-state index in [0.717, 1.165) is 5.56 Å². The topological polar surface area (TPSA) is 3.24 Å². The predicted molar refractivity (Wildman–Crippen MR) is 68.1 cm³/mol. The van der Waals surface area contributed by atoms with Crippen LogP contribution >= 0.6 is 0 Å². The minimum Gasteiger partial charge on any atom is -0.445 e. The van der Waals surface area contributed by atoms with E-state index in [1.165, 1.54) is 0 Å². The lowest BCUT2D eigenvalue weighted by atomic mass is 9.74. The zero-order chi connectivity index (χ0) is 13.2. The third kappa shape index (κ3) is 3.16. The molecule has 5 heteroatoms. The molecule has 0 saturated carbocycles. The molecule has 1 aliphatic rings. The van der Waals surface area contributed by atoms with Crippen LogP contribution in [0.4, 0.5) is 12.9 Å².